The first kappa shape index (κ1) is 16.1. The van der Waals surface area contributed by atoms with Crippen LogP contribution in [-0.4, -0.2) is 17.4 Å². The molecule has 0 radical (unpaired) electrons. The van der Waals surface area contributed by atoms with Crippen LogP contribution in [0.25, 0.3) is 11.1 Å². The van der Waals surface area contributed by atoms with Gasteiger partial charge in [0.1, 0.15) is 5.82 Å². The van der Waals surface area contributed by atoms with Crippen molar-refractivity contribution in [3.63, 3.8) is 0 Å². The summed E-state index contributed by atoms with van der Waals surface area (Å²) in [6.07, 6.45) is 0. The van der Waals surface area contributed by atoms with Crippen LogP contribution in [0.5, 0.6) is 0 Å². The van der Waals surface area contributed by atoms with E-state index in [2.05, 4.69) is 5.32 Å². The summed E-state index contributed by atoms with van der Waals surface area (Å²) < 4.78 is 13.3. The molecule has 1 N–H and O–H groups in total. The van der Waals surface area contributed by atoms with Crippen molar-refractivity contribution in [2.75, 3.05) is 6.54 Å². The minimum atomic E-state index is -0.609. The van der Waals surface area contributed by atoms with Gasteiger partial charge in [-0.25, -0.2) is 4.39 Å². The topological polar surface area (TPSA) is 96.0 Å². The molecule has 0 aromatic heterocycles. The normalized spacial score (nSPS) is 9.96. The summed E-state index contributed by atoms with van der Waals surface area (Å²) in [5.41, 5.74) is 0.535. The molecular weight excluding hydrogens is 301 g/mol. The quantitative estimate of drug-likeness (QED) is 0.693. The van der Waals surface area contributed by atoms with Gasteiger partial charge in [-0.05, 0) is 30.7 Å². The van der Waals surface area contributed by atoms with Gasteiger partial charge < -0.3 is 5.32 Å². The maximum absolute atomic E-state index is 13.3. The van der Waals surface area contributed by atoms with E-state index in [1.54, 1.807) is 6.92 Å². The van der Waals surface area contributed by atoms with Crippen molar-refractivity contribution in [2.45, 2.75) is 6.92 Å². The van der Waals surface area contributed by atoms with Gasteiger partial charge in [0, 0.05) is 24.2 Å². The van der Waals surface area contributed by atoms with Crippen molar-refractivity contribution >= 4 is 11.6 Å². The van der Waals surface area contributed by atoms with E-state index >= 15 is 0 Å². The molecule has 2 rings (SSSR count). The molecule has 0 bridgehead atoms. The van der Waals surface area contributed by atoms with Crippen LogP contribution >= 0.6 is 0 Å². The lowest BCUT2D eigenvalue weighted by Crippen LogP contribution is -2.23. The van der Waals surface area contributed by atoms with Crippen LogP contribution in [0.2, 0.25) is 0 Å². The number of nitro benzene ring substituents is 1. The fraction of sp³-hybridized carbons (Fsp3) is 0.125. The number of non-ortho nitro benzene ring substituents is 1. The summed E-state index contributed by atoms with van der Waals surface area (Å²) in [5, 5.41) is 22.6. The Bertz CT molecular complexity index is 828. The minimum absolute atomic E-state index is 0.0457. The number of amides is 1. The van der Waals surface area contributed by atoms with Crippen LogP contribution in [-0.2, 0) is 0 Å². The van der Waals surface area contributed by atoms with E-state index in [0.29, 0.717) is 17.7 Å². The average Bonchev–Trinajstić information content (AvgIpc) is 2.54. The SMILES string of the molecule is CCNC(=O)c1cc([N+](=O)[O-])ccc1-c1ccc(F)cc1C#N. The summed E-state index contributed by atoms with van der Waals surface area (Å²) in [4.78, 5) is 22.5. The van der Waals surface area contributed by atoms with Crippen molar-refractivity contribution in [1.82, 2.24) is 5.32 Å². The molecule has 2 aromatic carbocycles. The Hall–Kier alpha value is -3.27. The third-order valence-electron chi connectivity index (χ3n) is 3.19. The number of carbonyl (C=O) groups excluding carboxylic acids is 1. The zero-order valence-corrected chi connectivity index (χ0v) is 12.2. The number of carbonyl (C=O) groups is 1. The predicted octanol–water partition coefficient (Wildman–Crippen LogP) is 3.02. The highest BCUT2D eigenvalue weighted by atomic mass is 19.1. The number of rotatable bonds is 4. The molecule has 0 saturated carbocycles. The van der Waals surface area contributed by atoms with Gasteiger partial charge in [-0.15, -0.1) is 0 Å². The molecular formula is C16H12FN3O3. The number of nitrogens with one attached hydrogen (secondary N) is 1. The monoisotopic (exact) mass is 313 g/mol. The van der Waals surface area contributed by atoms with Gasteiger partial charge in [0.2, 0.25) is 0 Å². The van der Waals surface area contributed by atoms with E-state index in [1.165, 1.54) is 24.3 Å². The maximum Gasteiger partial charge on any atom is 0.270 e. The maximum atomic E-state index is 13.3. The predicted molar refractivity (Wildman–Crippen MR) is 81.2 cm³/mol. The minimum Gasteiger partial charge on any atom is -0.352 e. The van der Waals surface area contributed by atoms with Crippen LogP contribution in [0.3, 0.4) is 0 Å². The first-order chi connectivity index (χ1) is 11.0. The number of nitriles is 1. The molecule has 116 valence electrons. The molecule has 23 heavy (non-hydrogen) atoms. The fourth-order valence-corrected chi connectivity index (χ4v) is 2.17. The summed E-state index contributed by atoms with van der Waals surface area (Å²) in [6, 6.07) is 9.23. The summed E-state index contributed by atoms with van der Waals surface area (Å²) in [6.45, 7) is 2.06. The first-order valence-electron chi connectivity index (χ1n) is 6.74. The third-order valence-corrected chi connectivity index (χ3v) is 3.19. The molecule has 0 atom stereocenters. The number of benzene rings is 2. The zero-order valence-electron chi connectivity index (χ0n) is 12.2. The second-order valence-electron chi connectivity index (χ2n) is 4.65. The van der Waals surface area contributed by atoms with Gasteiger partial charge in [-0.1, -0.05) is 6.07 Å². The standard InChI is InChI=1S/C16H12FN3O3/c1-2-19-16(21)15-8-12(20(22)23)4-6-14(15)13-5-3-11(17)7-10(13)9-18/h3-8H,2H2,1H3,(H,19,21). The Morgan fingerprint density at radius 3 is 2.61 bits per heavy atom. The van der Waals surface area contributed by atoms with Crippen molar-refractivity contribution in [2.24, 2.45) is 0 Å². The van der Waals surface area contributed by atoms with Crippen molar-refractivity contribution in [3.05, 3.63) is 63.5 Å². The third kappa shape index (κ3) is 3.32. The summed E-state index contributed by atoms with van der Waals surface area (Å²) in [7, 11) is 0. The molecule has 0 fully saturated rings. The first-order valence-corrected chi connectivity index (χ1v) is 6.74. The van der Waals surface area contributed by atoms with Gasteiger partial charge in [-0.3, -0.25) is 14.9 Å². The summed E-state index contributed by atoms with van der Waals surface area (Å²) in [5.74, 6) is -1.08. The molecule has 0 aliphatic carbocycles. The Kier molecular flexibility index (Phi) is 4.66. The Morgan fingerprint density at radius 1 is 1.30 bits per heavy atom. The Labute approximate surface area is 131 Å². The highest BCUT2D eigenvalue weighted by molar-refractivity contribution is 6.02. The molecule has 0 aliphatic rings. The second kappa shape index (κ2) is 6.66. The number of nitrogens with zero attached hydrogens (tertiary/aromatic N) is 2. The van der Waals surface area contributed by atoms with Crippen molar-refractivity contribution < 1.29 is 14.1 Å². The molecule has 0 saturated heterocycles. The number of halogens is 1. The molecule has 0 unspecified atom stereocenters. The lowest BCUT2D eigenvalue weighted by Gasteiger charge is -2.11. The summed E-state index contributed by atoms with van der Waals surface area (Å²) >= 11 is 0. The van der Waals surface area contributed by atoms with Crippen LogP contribution in [0, 0.1) is 27.3 Å². The van der Waals surface area contributed by atoms with E-state index in [0.717, 1.165) is 12.1 Å². The highest BCUT2D eigenvalue weighted by Gasteiger charge is 2.19. The van der Waals surface area contributed by atoms with E-state index in [1.807, 2.05) is 6.07 Å². The Balaban J connectivity index is 2.69. The molecule has 1 amide bonds. The number of hydrogen-bond donors (Lipinski definition) is 1. The Morgan fingerprint density at radius 2 is 2.00 bits per heavy atom. The highest BCUT2D eigenvalue weighted by Crippen LogP contribution is 2.30. The van der Waals surface area contributed by atoms with Crippen LogP contribution in [0.1, 0.15) is 22.8 Å². The molecule has 6 nitrogen and oxygen atoms in total. The van der Waals surface area contributed by atoms with Gasteiger partial charge in [0.15, 0.2) is 0 Å². The van der Waals surface area contributed by atoms with Crippen molar-refractivity contribution in [3.8, 4) is 17.2 Å². The molecule has 0 heterocycles. The molecule has 0 spiro atoms. The van der Waals surface area contributed by atoms with Gasteiger partial charge in [-0.2, -0.15) is 5.26 Å². The van der Waals surface area contributed by atoms with E-state index < -0.39 is 16.6 Å². The van der Waals surface area contributed by atoms with Gasteiger partial charge >= 0.3 is 0 Å². The van der Waals surface area contributed by atoms with Gasteiger partial charge in [0.25, 0.3) is 11.6 Å². The zero-order chi connectivity index (χ0) is 17.0. The van der Waals surface area contributed by atoms with E-state index in [4.69, 9.17) is 5.26 Å². The van der Waals surface area contributed by atoms with Crippen LogP contribution in [0.4, 0.5) is 10.1 Å². The van der Waals surface area contributed by atoms with E-state index in [9.17, 15) is 19.3 Å². The molecule has 7 heteroatoms. The molecule has 2 aromatic rings. The molecule has 0 aliphatic heterocycles. The van der Waals surface area contributed by atoms with E-state index in [-0.39, 0.29) is 16.8 Å². The smallest absolute Gasteiger partial charge is 0.270 e. The fourth-order valence-electron chi connectivity index (χ4n) is 2.17. The number of hydrogen-bond acceptors (Lipinski definition) is 4. The largest absolute Gasteiger partial charge is 0.352 e. The average molecular weight is 313 g/mol. The van der Waals surface area contributed by atoms with Gasteiger partial charge in [0.05, 0.1) is 22.1 Å². The van der Waals surface area contributed by atoms with Crippen LogP contribution in [0.15, 0.2) is 36.4 Å². The number of nitro groups is 1. The van der Waals surface area contributed by atoms with Crippen molar-refractivity contribution in [1.29, 1.82) is 5.26 Å². The lowest BCUT2D eigenvalue weighted by molar-refractivity contribution is -0.384. The second-order valence-corrected chi connectivity index (χ2v) is 4.65. The lowest BCUT2D eigenvalue weighted by atomic mass is 9.95. The van der Waals surface area contributed by atoms with Crippen LogP contribution < -0.4 is 5.32 Å².